The van der Waals surface area contributed by atoms with Gasteiger partial charge < -0.3 is 0 Å². The average Bonchev–Trinajstić information content (AvgIpc) is 3.26. The summed E-state index contributed by atoms with van der Waals surface area (Å²) in [6, 6.07) is 0. The number of rotatable bonds is 7. The van der Waals surface area contributed by atoms with Crippen LogP contribution in [0.4, 0.5) is 0 Å². The Bertz CT molecular complexity index is 700. The Morgan fingerprint density at radius 1 is 1.26 bits per heavy atom. The zero-order chi connectivity index (χ0) is 16.6. The lowest BCUT2D eigenvalue weighted by Crippen LogP contribution is -2.29. The first-order chi connectivity index (χ1) is 10.9. The highest BCUT2D eigenvalue weighted by Gasteiger charge is 2.34. The molecule has 0 spiro atoms. The van der Waals surface area contributed by atoms with Crippen LogP contribution in [-0.2, 0) is 34.1 Å². The Morgan fingerprint density at radius 3 is 2.61 bits per heavy atom. The lowest BCUT2D eigenvalue weighted by Gasteiger charge is -2.15. The van der Waals surface area contributed by atoms with E-state index in [1.165, 1.54) is 4.88 Å². The standard InChI is InChI=1S/C17H25NO3S2/c1-11(2)10-18-23(20,21)17-13-5-3-4-6-15(13)22-16(17)9-14(19)12-7-8-12/h11-12,18H,3-10H2,1-2H3. The van der Waals surface area contributed by atoms with Gasteiger partial charge in [0.05, 0.1) is 4.90 Å². The van der Waals surface area contributed by atoms with E-state index in [2.05, 4.69) is 4.72 Å². The molecule has 1 saturated carbocycles. The van der Waals surface area contributed by atoms with Crippen molar-refractivity contribution >= 4 is 27.1 Å². The summed E-state index contributed by atoms with van der Waals surface area (Å²) in [5, 5.41) is 0. The minimum absolute atomic E-state index is 0.174. The molecule has 0 bridgehead atoms. The van der Waals surface area contributed by atoms with Crippen LogP contribution in [0, 0.1) is 11.8 Å². The minimum atomic E-state index is -3.53. The van der Waals surface area contributed by atoms with Gasteiger partial charge in [-0.25, -0.2) is 13.1 Å². The van der Waals surface area contributed by atoms with Gasteiger partial charge in [-0.15, -0.1) is 11.3 Å². The lowest BCUT2D eigenvalue weighted by molar-refractivity contribution is -0.119. The second-order valence-electron chi connectivity index (χ2n) is 7.13. The van der Waals surface area contributed by atoms with Gasteiger partial charge in [0.25, 0.3) is 0 Å². The Hall–Kier alpha value is -0.720. The molecule has 1 aromatic heterocycles. The van der Waals surface area contributed by atoms with Gasteiger partial charge in [0, 0.05) is 28.6 Å². The number of nitrogens with one attached hydrogen (secondary N) is 1. The molecule has 0 aliphatic heterocycles. The highest BCUT2D eigenvalue weighted by molar-refractivity contribution is 7.89. The molecule has 1 heterocycles. The molecular weight excluding hydrogens is 330 g/mol. The van der Waals surface area contributed by atoms with E-state index in [1.54, 1.807) is 11.3 Å². The summed E-state index contributed by atoms with van der Waals surface area (Å²) in [7, 11) is -3.53. The predicted molar refractivity (Wildman–Crippen MR) is 92.4 cm³/mol. The topological polar surface area (TPSA) is 63.2 Å². The molecule has 1 N–H and O–H groups in total. The van der Waals surface area contributed by atoms with E-state index in [0.29, 0.717) is 17.9 Å². The summed E-state index contributed by atoms with van der Waals surface area (Å²) in [4.78, 5) is 14.6. The van der Waals surface area contributed by atoms with Crippen LogP contribution < -0.4 is 4.72 Å². The number of carbonyl (C=O) groups is 1. The molecule has 0 atom stereocenters. The predicted octanol–water partition coefficient (Wildman–Crippen LogP) is 3.08. The molecule has 1 fully saturated rings. The molecule has 1 aromatic rings. The molecule has 3 rings (SSSR count). The third-order valence-corrected chi connectivity index (χ3v) is 7.51. The third-order valence-electron chi connectivity index (χ3n) is 4.51. The third kappa shape index (κ3) is 3.86. The fourth-order valence-electron chi connectivity index (χ4n) is 3.08. The molecule has 0 saturated heterocycles. The number of carbonyl (C=O) groups excluding carboxylic acids is 1. The van der Waals surface area contributed by atoms with Gasteiger partial charge in [0.2, 0.25) is 10.0 Å². The molecule has 2 aliphatic rings. The zero-order valence-electron chi connectivity index (χ0n) is 13.9. The van der Waals surface area contributed by atoms with E-state index in [4.69, 9.17) is 0 Å². The second kappa shape index (κ2) is 6.65. The number of Topliss-reactive ketones (excluding diaryl/α,β-unsaturated/α-hetero) is 1. The molecule has 23 heavy (non-hydrogen) atoms. The normalized spacial score (nSPS) is 18.2. The number of fused-ring (bicyclic) bond motifs is 1. The number of hydrogen-bond donors (Lipinski definition) is 1. The van der Waals surface area contributed by atoms with Crippen molar-refractivity contribution in [1.82, 2.24) is 4.72 Å². The molecule has 0 unspecified atom stereocenters. The van der Waals surface area contributed by atoms with Crippen LogP contribution in [0.3, 0.4) is 0 Å². The Kier molecular flexibility index (Phi) is 4.95. The summed E-state index contributed by atoms with van der Waals surface area (Å²) in [6.45, 7) is 4.41. The highest BCUT2D eigenvalue weighted by Crippen LogP contribution is 2.39. The number of thiophene rings is 1. The largest absolute Gasteiger partial charge is 0.299 e. The zero-order valence-corrected chi connectivity index (χ0v) is 15.5. The quantitative estimate of drug-likeness (QED) is 0.817. The Morgan fingerprint density at radius 2 is 1.96 bits per heavy atom. The Labute approximate surface area is 142 Å². The number of sulfonamides is 1. The maximum Gasteiger partial charge on any atom is 0.241 e. The van der Waals surface area contributed by atoms with E-state index in [9.17, 15) is 13.2 Å². The molecule has 0 radical (unpaired) electrons. The molecule has 4 nitrogen and oxygen atoms in total. The van der Waals surface area contributed by atoms with Crippen LogP contribution in [-0.4, -0.2) is 20.7 Å². The van der Waals surface area contributed by atoms with E-state index < -0.39 is 10.0 Å². The average molecular weight is 356 g/mol. The van der Waals surface area contributed by atoms with Crippen molar-refractivity contribution in [2.24, 2.45) is 11.8 Å². The molecule has 0 aromatic carbocycles. The lowest BCUT2D eigenvalue weighted by atomic mass is 9.98. The van der Waals surface area contributed by atoms with Gasteiger partial charge >= 0.3 is 0 Å². The van der Waals surface area contributed by atoms with E-state index >= 15 is 0 Å². The van der Waals surface area contributed by atoms with Gasteiger partial charge in [-0.05, 0) is 50.0 Å². The van der Waals surface area contributed by atoms with Crippen LogP contribution in [0.2, 0.25) is 0 Å². The highest BCUT2D eigenvalue weighted by atomic mass is 32.2. The molecule has 128 valence electrons. The van der Waals surface area contributed by atoms with Gasteiger partial charge in [0.1, 0.15) is 5.78 Å². The van der Waals surface area contributed by atoms with Gasteiger partial charge in [-0.2, -0.15) is 0 Å². The molecule has 2 aliphatic carbocycles. The van der Waals surface area contributed by atoms with Crippen LogP contribution >= 0.6 is 11.3 Å². The maximum absolute atomic E-state index is 12.8. The summed E-state index contributed by atoms with van der Waals surface area (Å²) in [5.74, 6) is 0.646. The van der Waals surface area contributed by atoms with Crippen molar-refractivity contribution in [2.75, 3.05) is 6.54 Å². The first kappa shape index (κ1) is 17.1. The summed E-state index contributed by atoms with van der Waals surface area (Å²) in [5.41, 5.74) is 0.983. The first-order valence-electron chi connectivity index (χ1n) is 8.54. The minimum Gasteiger partial charge on any atom is -0.299 e. The molecular formula is C17H25NO3S2. The molecule has 6 heteroatoms. The van der Waals surface area contributed by atoms with Crippen molar-refractivity contribution in [3.05, 3.63) is 15.3 Å². The Balaban J connectivity index is 1.94. The van der Waals surface area contributed by atoms with Crippen molar-refractivity contribution in [1.29, 1.82) is 0 Å². The van der Waals surface area contributed by atoms with E-state index in [0.717, 1.165) is 49.0 Å². The van der Waals surface area contributed by atoms with Crippen LogP contribution in [0.15, 0.2) is 4.90 Å². The van der Waals surface area contributed by atoms with E-state index in [1.807, 2.05) is 13.8 Å². The summed E-state index contributed by atoms with van der Waals surface area (Å²) >= 11 is 1.56. The SMILES string of the molecule is CC(C)CNS(=O)(=O)c1c(CC(=O)C2CC2)sc2c1CCCC2. The van der Waals surface area contributed by atoms with Gasteiger partial charge in [-0.3, -0.25) is 4.79 Å². The van der Waals surface area contributed by atoms with Crippen molar-refractivity contribution < 1.29 is 13.2 Å². The van der Waals surface area contributed by atoms with Crippen LogP contribution in [0.5, 0.6) is 0 Å². The van der Waals surface area contributed by atoms with Crippen LogP contribution in [0.1, 0.15) is 54.8 Å². The van der Waals surface area contributed by atoms with Crippen molar-refractivity contribution in [3.63, 3.8) is 0 Å². The van der Waals surface area contributed by atoms with E-state index in [-0.39, 0.29) is 17.6 Å². The van der Waals surface area contributed by atoms with Gasteiger partial charge in [0.15, 0.2) is 0 Å². The van der Waals surface area contributed by atoms with Crippen molar-refractivity contribution in [2.45, 2.75) is 63.7 Å². The second-order valence-corrected chi connectivity index (χ2v) is 10.0. The maximum atomic E-state index is 12.8. The summed E-state index contributed by atoms with van der Waals surface area (Å²) < 4.78 is 28.4. The number of ketones is 1. The number of aryl methyl sites for hydroxylation is 1. The summed E-state index contributed by atoms with van der Waals surface area (Å²) in [6.07, 6.45) is 6.15. The first-order valence-corrected chi connectivity index (χ1v) is 10.8. The molecule has 0 amide bonds. The van der Waals surface area contributed by atoms with Crippen LogP contribution in [0.25, 0.3) is 0 Å². The fourth-order valence-corrected chi connectivity index (χ4v) is 6.52. The smallest absolute Gasteiger partial charge is 0.241 e. The van der Waals surface area contributed by atoms with Gasteiger partial charge in [-0.1, -0.05) is 13.8 Å². The van der Waals surface area contributed by atoms with Crippen molar-refractivity contribution in [3.8, 4) is 0 Å². The monoisotopic (exact) mass is 355 g/mol. The fraction of sp³-hybridized carbons (Fsp3) is 0.706. The number of hydrogen-bond acceptors (Lipinski definition) is 4.